The van der Waals surface area contributed by atoms with E-state index < -0.39 is 23.1 Å². The molecule has 17 nitrogen and oxygen atoms in total. The van der Waals surface area contributed by atoms with Crippen LogP contribution >= 0.6 is 15.9 Å². The molecular formula is C44H60BrN9O8. The molecule has 2 saturated heterocycles. The Morgan fingerprint density at radius 2 is 0.984 bits per heavy atom. The van der Waals surface area contributed by atoms with Crippen molar-refractivity contribution in [2.45, 2.75) is 66.6 Å². The number of esters is 2. The minimum atomic E-state index is -0.495. The fourth-order valence-electron chi connectivity index (χ4n) is 5.97. The predicted molar refractivity (Wildman–Crippen MR) is 241 cm³/mol. The van der Waals surface area contributed by atoms with E-state index in [1.165, 1.54) is 32.8 Å². The molecule has 336 valence electrons. The molecule has 0 unspecified atom stereocenters. The fourth-order valence-corrected chi connectivity index (χ4v) is 6.35. The minimum absolute atomic E-state index is 0. The highest BCUT2D eigenvalue weighted by Gasteiger charge is 2.27. The molecule has 2 aliphatic rings. The third-order valence-electron chi connectivity index (χ3n) is 8.98. The number of hydrogen-bond acceptors (Lipinski definition) is 15. The first kappa shape index (κ1) is 50.3. The third kappa shape index (κ3) is 15.8. The van der Waals surface area contributed by atoms with E-state index in [9.17, 15) is 19.2 Å². The molecule has 0 spiro atoms. The van der Waals surface area contributed by atoms with Gasteiger partial charge in [0.05, 0.1) is 19.9 Å². The summed E-state index contributed by atoms with van der Waals surface area (Å²) in [5, 5.41) is 0. The molecule has 4 heterocycles. The standard InChI is InChI=1S/C22H28N4O4.C15H23N3O2.C6H5BrN2O2.CH4/c1-22(2,3)30-21(28)26-13-11-25(12-14-26)17-7-5-16(6-8-17)15-18-19(20(27)29-4)24-10-9-23-18;1-15(2,3)20-14(19)18-10-8-17(9-11-18)13-6-4-12(16)5-7-13;1-11-6(10)4-5(7)9-3-2-8-4;/h5-10H,11-15H2,1-4H3;4-7H,8-11,16H2,1-3H3;2-3H,1H3;1H4. The summed E-state index contributed by atoms with van der Waals surface area (Å²) in [6.45, 7) is 17.0. The van der Waals surface area contributed by atoms with Gasteiger partial charge in [-0.3, -0.25) is 4.98 Å². The number of benzene rings is 2. The molecule has 0 bridgehead atoms. The summed E-state index contributed by atoms with van der Waals surface area (Å²) in [5.74, 6) is -0.984. The molecule has 0 radical (unpaired) electrons. The lowest BCUT2D eigenvalue weighted by Crippen LogP contribution is -2.50. The van der Waals surface area contributed by atoms with E-state index in [1.54, 1.807) is 16.0 Å². The summed E-state index contributed by atoms with van der Waals surface area (Å²) in [6, 6.07) is 16.0. The lowest BCUT2D eigenvalue weighted by Gasteiger charge is -2.36. The second-order valence-electron chi connectivity index (χ2n) is 15.9. The van der Waals surface area contributed by atoms with Gasteiger partial charge in [-0.2, -0.15) is 0 Å². The highest BCUT2D eigenvalue weighted by atomic mass is 79.9. The molecular weight excluding hydrogens is 862 g/mol. The normalized spacial score (nSPS) is 13.8. The van der Waals surface area contributed by atoms with Crippen LogP contribution in [0.15, 0.2) is 77.9 Å². The van der Waals surface area contributed by atoms with Crippen molar-refractivity contribution in [1.29, 1.82) is 0 Å². The van der Waals surface area contributed by atoms with Gasteiger partial charge in [0.1, 0.15) is 15.8 Å². The maximum atomic E-state index is 12.2. The van der Waals surface area contributed by atoms with E-state index in [4.69, 9.17) is 19.9 Å². The molecule has 0 saturated carbocycles. The van der Waals surface area contributed by atoms with Crippen molar-refractivity contribution in [2.24, 2.45) is 0 Å². The molecule has 0 atom stereocenters. The average molecular weight is 923 g/mol. The molecule has 6 rings (SSSR count). The van der Waals surface area contributed by atoms with E-state index in [0.717, 1.165) is 48.8 Å². The Morgan fingerprint density at radius 1 is 0.597 bits per heavy atom. The van der Waals surface area contributed by atoms with Gasteiger partial charge < -0.3 is 44.3 Å². The number of ether oxygens (including phenoxy) is 4. The quantitative estimate of drug-likeness (QED) is 0.119. The van der Waals surface area contributed by atoms with Crippen molar-refractivity contribution in [1.82, 2.24) is 29.7 Å². The topological polar surface area (TPSA) is 196 Å². The number of nitrogen functional groups attached to an aromatic ring is 1. The monoisotopic (exact) mass is 921 g/mol. The van der Waals surface area contributed by atoms with E-state index in [2.05, 4.69) is 50.4 Å². The Bertz CT molecular complexity index is 2060. The average Bonchev–Trinajstić information content (AvgIpc) is 3.23. The third-order valence-corrected chi connectivity index (χ3v) is 9.56. The second kappa shape index (κ2) is 23.3. The van der Waals surface area contributed by atoms with Crippen LogP contribution in [-0.2, 0) is 25.4 Å². The van der Waals surface area contributed by atoms with Gasteiger partial charge in [0, 0.05) is 101 Å². The molecule has 2 aromatic heterocycles. The number of halogens is 1. The van der Waals surface area contributed by atoms with Gasteiger partial charge in [0.15, 0.2) is 11.4 Å². The summed E-state index contributed by atoms with van der Waals surface area (Å²) in [5.41, 5.74) is 9.80. The van der Waals surface area contributed by atoms with Gasteiger partial charge in [-0.1, -0.05) is 19.6 Å². The Labute approximate surface area is 373 Å². The van der Waals surface area contributed by atoms with E-state index >= 15 is 0 Å². The summed E-state index contributed by atoms with van der Waals surface area (Å²) >= 11 is 3.06. The van der Waals surface area contributed by atoms with Crippen molar-refractivity contribution in [3.63, 3.8) is 0 Å². The Balaban J connectivity index is 0.000000275. The number of hydrogen-bond donors (Lipinski definition) is 1. The number of nitrogens with zero attached hydrogens (tertiary/aromatic N) is 8. The van der Waals surface area contributed by atoms with Crippen LogP contribution in [0.25, 0.3) is 0 Å². The molecule has 62 heavy (non-hydrogen) atoms. The van der Waals surface area contributed by atoms with E-state index in [-0.39, 0.29) is 31.0 Å². The Morgan fingerprint density at radius 3 is 1.40 bits per heavy atom. The smallest absolute Gasteiger partial charge is 0.410 e. The molecule has 2 aromatic carbocycles. The maximum Gasteiger partial charge on any atom is 0.410 e. The van der Waals surface area contributed by atoms with Gasteiger partial charge in [-0.25, -0.2) is 34.1 Å². The van der Waals surface area contributed by atoms with Crippen molar-refractivity contribution in [3.8, 4) is 0 Å². The van der Waals surface area contributed by atoms with E-state index in [1.807, 2.05) is 90.1 Å². The zero-order chi connectivity index (χ0) is 44.7. The van der Waals surface area contributed by atoms with Crippen LogP contribution in [0.5, 0.6) is 0 Å². The highest BCUT2D eigenvalue weighted by molar-refractivity contribution is 9.10. The molecule has 18 heteroatoms. The molecule has 2 fully saturated rings. The Hall–Kier alpha value is -6.04. The zero-order valence-corrected chi connectivity index (χ0v) is 37.7. The predicted octanol–water partition coefficient (Wildman–Crippen LogP) is 6.90. The van der Waals surface area contributed by atoms with Crippen LogP contribution in [0, 0.1) is 0 Å². The van der Waals surface area contributed by atoms with Crippen LogP contribution in [0.1, 0.15) is 81.2 Å². The van der Waals surface area contributed by atoms with Gasteiger partial charge in [0.2, 0.25) is 0 Å². The first-order valence-corrected chi connectivity index (χ1v) is 20.5. The molecule has 2 aliphatic heterocycles. The maximum absolute atomic E-state index is 12.2. The molecule has 0 aliphatic carbocycles. The summed E-state index contributed by atoms with van der Waals surface area (Å²) < 4.78 is 20.5. The van der Waals surface area contributed by atoms with E-state index in [0.29, 0.717) is 42.9 Å². The minimum Gasteiger partial charge on any atom is -0.464 e. The summed E-state index contributed by atoms with van der Waals surface area (Å²) in [4.78, 5) is 70.9. The lowest BCUT2D eigenvalue weighted by molar-refractivity contribution is 0.0230. The summed E-state index contributed by atoms with van der Waals surface area (Å²) in [7, 11) is 2.63. The van der Waals surface area contributed by atoms with Gasteiger partial charge in [-0.15, -0.1) is 0 Å². The van der Waals surface area contributed by atoms with Crippen LogP contribution in [0.3, 0.4) is 0 Å². The number of carbonyl (C=O) groups is 4. The van der Waals surface area contributed by atoms with Crippen LogP contribution in [0.2, 0.25) is 0 Å². The largest absolute Gasteiger partial charge is 0.464 e. The van der Waals surface area contributed by atoms with Gasteiger partial charge in [-0.05, 0) is 99.4 Å². The SMILES string of the molecule is C.CC(C)(C)OC(=O)N1CCN(c2ccc(N)cc2)CC1.COC(=O)c1nccnc1Br.COC(=O)c1nccnc1Cc1ccc(N2CCN(C(=O)OC(C)(C)C)CC2)cc1. The van der Waals surface area contributed by atoms with Crippen molar-refractivity contribution < 1.29 is 38.1 Å². The fraction of sp³-hybridized carbons (Fsp3) is 0.455. The number of aromatic nitrogens is 4. The van der Waals surface area contributed by atoms with Gasteiger partial charge in [0.25, 0.3) is 0 Å². The number of carbonyl (C=O) groups excluding carboxylic acids is 4. The number of piperazine rings is 2. The number of nitrogens with two attached hydrogens (primary N) is 1. The first-order valence-electron chi connectivity index (χ1n) is 19.7. The summed E-state index contributed by atoms with van der Waals surface area (Å²) in [6.07, 6.45) is 5.96. The van der Waals surface area contributed by atoms with Crippen molar-refractivity contribution >= 4 is 57.1 Å². The van der Waals surface area contributed by atoms with Gasteiger partial charge >= 0.3 is 24.1 Å². The van der Waals surface area contributed by atoms with Crippen molar-refractivity contribution in [3.05, 3.63) is 101 Å². The zero-order valence-electron chi connectivity index (χ0n) is 36.1. The molecule has 2 N–H and O–H groups in total. The first-order chi connectivity index (χ1) is 28.9. The number of amides is 2. The number of rotatable bonds is 6. The van der Waals surface area contributed by atoms with Crippen LogP contribution < -0.4 is 15.5 Å². The van der Waals surface area contributed by atoms with Crippen LogP contribution in [-0.4, -0.2) is 132 Å². The number of methoxy groups -OCH3 is 2. The molecule has 2 amide bonds. The highest BCUT2D eigenvalue weighted by Crippen LogP contribution is 2.22. The number of anilines is 3. The lowest BCUT2D eigenvalue weighted by atomic mass is 10.1. The second-order valence-corrected chi connectivity index (χ2v) is 16.6. The Kier molecular flexibility index (Phi) is 18.9. The van der Waals surface area contributed by atoms with Crippen LogP contribution in [0.4, 0.5) is 26.7 Å². The molecule has 4 aromatic rings. The van der Waals surface area contributed by atoms with Crippen molar-refractivity contribution in [2.75, 3.05) is 82.1 Å².